The Morgan fingerprint density at radius 3 is 1.85 bits per heavy atom. The number of hydrogen-bond acceptors (Lipinski definition) is 1. The molecule has 0 saturated carbocycles. The number of fused-ring (bicyclic) bond motifs is 6. The topological polar surface area (TPSA) is 0 Å². The number of benzene rings is 4. The fourth-order valence-corrected chi connectivity index (χ4v) is 3.26. The van der Waals surface area contributed by atoms with Crippen molar-refractivity contribution in [3.05, 3.63) is 66.2 Å². The molecule has 0 atom stereocenters. The summed E-state index contributed by atoms with van der Waals surface area (Å²) in [7, 11) is 0. The second-order valence-corrected chi connectivity index (χ2v) is 5.84. The van der Waals surface area contributed by atoms with Crippen LogP contribution in [-0.4, -0.2) is 0 Å². The van der Waals surface area contributed by atoms with Gasteiger partial charge < -0.3 is 0 Å². The number of thiol groups is 1. The molecule has 0 saturated heterocycles. The molecule has 4 rings (SSSR count). The summed E-state index contributed by atoms with van der Waals surface area (Å²) >= 11 is 4.51. The van der Waals surface area contributed by atoms with Gasteiger partial charge in [-0.25, -0.2) is 0 Å². The summed E-state index contributed by atoms with van der Waals surface area (Å²) in [5.74, 6) is 0. The van der Waals surface area contributed by atoms with Crippen LogP contribution < -0.4 is 0 Å². The molecule has 0 aromatic heterocycles. The maximum Gasteiger partial charge on any atom is 0.00465 e. The predicted octanol–water partition coefficient (Wildman–Crippen LogP) is 5.74. The van der Waals surface area contributed by atoms with E-state index in [1.165, 1.54) is 37.9 Å². The van der Waals surface area contributed by atoms with Crippen molar-refractivity contribution < 1.29 is 0 Å². The van der Waals surface area contributed by atoms with Crippen molar-refractivity contribution in [1.29, 1.82) is 0 Å². The molecule has 0 N–H and O–H groups in total. The van der Waals surface area contributed by atoms with Crippen LogP contribution in [0.5, 0.6) is 0 Å². The predicted molar refractivity (Wildman–Crippen MR) is 90.9 cm³/mol. The Bertz CT molecular complexity index is 887. The molecule has 4 aromatic carbocycles. The normalized spacial score (nSPS) is 11.5. The minimum Gasteiger partial charge on any atom is -0.143 e. The maximum atomic E-state index is 4.51. The van der Waals surface area contributed by atoms with Crippen molar-refractivity contribution in [2.75, 3.05) is 0 Å². The van der Waals surface area contributed by atoms with E-state index in [0.29, 0.717) is 0 Å². The summed E-state index contributed by atoms with van der Waals surface area (Å²) < 4.78 is 0. The van der Waals surface area contributed by atoms with Crippen LogP contribution in [0.3, 0.4) is 0 Å². The molecular formula is C19H14S. The Kier molecular flexibility index (Phi) is 2.51. The molecule has 0 radical (unpaired) electrons. The Hall–Kier alpha value is -1.99. The minimum absolute atomic E-state index is 1.01. The molecule has 96 valence electrons. The van der Waals surface area contributed by atoms with Gasteiger partial charge in [0.05, 0.1) is 0 Å². The molecule has 0 aliphatic carbocycles. The average molecular weight is 274 g/mol. The smallest absolute Gasteiger partial charge is 0.00465 e. The standard InChI is InChI=1S/C19H14S/c1-12-6-8-16-14-4-2-3-5-15(14)17-9-7-13(20)11-19(17)18(16)10-12/h2-11,20H,1H3. The summed E-state index contributed by atoms with van der Waals surface area (Å²) in [6.45, 7) is 2.14. The maximum absolute atomic E-state index is 4.51. The van der Waals surface area contributed by atoms with Crippen molar-refractivity contribution in [2.45, 2.75) is 11.8 Å². The van der Waals surface area contributed by atoms with Crippen LogP contribution in [-0.2, 0) is 0 Å². The highest BCUT2D eigenvalue weighted by Gasteiger charge is 2.08. The molecular weight excluding hydrogens is 260 g/mol. The average Bonchev–Trinajstić information content (AvgIpc) is 2.47. The zero-order chi connectivity index (χ0) is 13.7. The van der Waals surface area contributed by atoms with E-state index in [9.17, 15) is 0 Å². The van der Waals surface area contributed by atoms with Crippen LogP contribution in [0.4, 0.5) is 0 Å². The lowest BCUT2D eigenvalue weighted by Gasteiger charge is -2.11. The molecule has 1 heteroatoms. The molecule has 0 nitrogen and oxygen atoms in total. The first-order valence-corrected chi connectivity index (χ1v) is 7.22. The van der Waals surface area contributed by atoms with E-state index in [2.05, 4.69) is 80.2 Å². The highest BCUT2D eigenvalue weighted by molar-refractivity contribution is 7.80. The summed E-state index contributed by atoms with van der Waals surface area (Å²) in [6.07, 6.45) is 0. The van der Waals surface area contributed by atoms with E-state index in [0.717, 1.165) is 4.90 Å². The van der Waals surface area contributed by atoms with Crippen LogP contribution in [0.2, 0.25) is 0 Å². The molecule has 0 bridgehead atoms. The van der Waals surface area contributed by atoms with Crippen LogP contribution >= 0.6 is 12.6 Å². The van der Waals surface area contributed by atoms with Gasteiger partial charge in [0, 0.05) is 4.90 Å². The van der Waals surface area contributed by atoms with Gasteiger partial charge >= 0.3 is 0 Å². The molecule has 0 heterocycles. The molecule has 0 aliphatic rings. The second-order valence-electron chi connectivity index (χ2n) is 5.32. The third kappa shape index (κ3) is 1.63. The molecule has 0 fully saturated rings. The van der Waals surface area contributed by atoms with Gasteiger partial charge in [0.1, 0.15) is 0 Å². The second kappa shape index (κ2) is 4.26. The third-order valence-electron chi connectivity index (χ3n) is 3.98. The quantitative estimate of drug-likeness (QED) is 0.306. The molecule has 0 unspecified atom stereocenters. The van der Waals surface area contributed by atoms with Gasteiger partial charge in [0.15, 0.2) is 0 Å². The SMILES string of the molecule is Cc1ccc2c3ccccc3c3ccc(S)cc3c2c1. The first kappa shape index (κ1) is 11.8. The highest BCUT2D eigenvalue weighted by Crippen LogP contribution is 2.36. The largest absolute Gasteiger partial charge is 0.143 e. The van der Waals surface area contributed by atoms with Gasteiger partial charge in [0.2, 0.25) is 0 Å². The zero-order valence-electron chi connectivity index (χ0n) is 11.2. The lowest BCUT2D eigenvalue weighted by molar-refractivity contribution is 1.50. The lowest BCUT2D eigenvalue weighted by atomic mass is 9.93. The van der Waals surface area contributed by atoms with E-state index >= 15 is 0 Å². The first-order valence-electron chi connectivity index (χ1n) is 6.78. The Labute approximate surface area is 123 Å². The molecule has 20 heavy (non-hydrogen) atoms. The van der Waals surface area contributed by atoms with Crippen molar-refractivity contribution in [2.24, 2.45) is 0 Å². The Morgan fingerprint density at radius 1 is 0.600 bits per heavy atom. The minimum atomic E-state index is 1.01. The Balaban J connectivity index is 2.41. The van der Waals surface area contributed by atoms with Gasteiger partial charge in [-0.2, -0.15) is 0 Å². The van der Waals surface area contributed by atoms with Crippen LogP contribution in [0.25, 0.3) is 32.3 Å². The summed E-state index contributed by atoms with van der Waals surface area (Å²) in [5.41, 5.74) is 1.29. The van der Waals surface area contributed by atoms with E-state index in [4.69, 9.17) is 0 Å². The van der Waals surface area contributed by atoms with Gasteiger partial charge in [-0.1, -0.05) is 54.1 Å². The van der Waals surface area contributed by atoms with E-state index in [-0.39, 0.29) is 0 Å². The van der Waals surface area contributed by atoms with E-state index in [1.807, 2.05) is 0 Å². The Morgan fingerprint density at radius 2 is 1.15 bits per heavy atom. The van der Waals surface area contributed by atoms with Crippen LogP contribution in [0.15, 0.2) is 65.6 Å². The van der Waals surface area contributed by atoms with Gasteiger partial charge in [0.25, 0.3) is 0 Å². The summed E-state index contributed by atoms with van der Waals surface area (Å²) in [5, 5.41) is 7.85. The van der Waals surface area contributed by atoms with E-state index in [1.54, 1.807) is 0 Å². The molecule has 0 aliphatic heterocycles. The fourth-order valence-electron chi connectivity index (χ4n) is 3.06. The number of aryl methyl sites for hydroxylation is 1. The molecule has 0 spiro atoms. The van der Waals surface area contributed by atoms with Crippen molar-refractivity contribution in [3.63, 3.8) is 0 Å². The molecule has 0 amide bonds. The molecule has 4 aromatic rings. The van der Waals surface area contributed by atoms with Gasteiger partial charge in [-0.15, -0.1) is 12.6 Å². The lowest BCUT2D eigenvalue weighted by Crippen LogP contribution is -1.84. The fraction of sp³-hybridized carbons (Fsp3) is 0.0526. The summed E-state index contributed by atoms with van der Waals surface area (Å²) in [4.78, 5) is 1.01. The van der Waals surface area contributed by atoms with Gasteiger partial charge in [-0.05, 0) is 51.4 Å². The van der Waals surface area contributed by atoms with Crippen molar-refractivity contribution >= 4 is 44.9 Å². The third-order valence-corrected chi connectivity index (χ3v) is 4.25. The zero-order valence-corrected chi connectivity index (χ0v) is 12.1. The van der Waals surface area contributed by atoms with Crippen LogP contribution in [0, 0.1) is 6.92 Å². The number of rotatable bonds is 0. The van der Waals surface area contributed by atoms with Crippen molar-refractivity contribution in [3.8, 4) is 0 Å². The first-order chi connectivity index (χ1) is 9.74. The monoisotopic (exact) mass is 274 g/mol. The van der Waals surface area contributed by atoms with E-state index < -0.39 is 0 Å². The summed E-state index contributed by atoms with van der Waals surface area (Å²) in [6, 6.07) is 21.8. The van der Waals surface area contributed by atoms with Crippen LogP contribution in [0.1, 0.15) is 5.56 Å². The van der Waals surface area contributed by atoms with Crippen molar-refractivity contribution in [1.82, 2.24) is 0 Å². The number of hydrogen-bond donors (Lipinski definition) is 1. The highest BCUT2D eigenvalue weighted by atomic mass is 32.1. The van der Waals surface area contributed by atoms with Gasteiger partial charge in [-0.3, -0.25) is 0 Å².